The second kappa shape index (κ2) is 5.12. The van der Waals surface area contributed by atoms with Crippen LogP contribution in [-0.4, -0.2) is 55.4 Å². The summed E-state index contributed by atoms with van der Waals surface area (Å²) in [6.45, 7) is 5.22. The number of rotatable bonds is 4. The SMILES string of the molecule is CCN(C1CCS(=O)(=O)C1)S(=O)(=O)c1c(C)n[nH]c1C. The Morgan fingerprint density at radius 3 is 2.45 bits per heavy atom. The lowest BCUT2D eigenvalue weighted by molar-refractivity contribution is 0.354. The molecule has 1 saturated heterocycles. The van der Waals surface area contributed by atoms with Crippen LogP contribution in [0.1, 0.15) is 24.7 Å². The highest BCUT2D eigenvalue weighted by molar-refractivity contribution is 7.92. The molecule has 7 nitrogen and oxygen atoms in total. The van der Waals surface area contributed by atoms with E-state index in [1.807, 2.05) is 0 Å². The van der Waals surface area contributed by atoms with Crippen LogP contribution >= 0.6 is 0 Å². The van der Waals surface area contributed by atoms with Crippen LogP contribution in [0.3, 0.4) is 0 Å². The molecule has 1 atom stereocenters. The molecule has 20 heavy (non-hydrogen) atoms. The molecule has 114 valence electrons. The summed E-state index contributed by atoms with van der Waals surface area (Å²) in [5.74, 6) is -0.0525. The Bertz CT molecular complexity index is 687. The highest BCUT2D eigenvalue weighted by atomic mass is 32.2. The van der Waals surface area contributed by atoms with Crippen molar-refractivity contribution in [2.24, 2.45) is 0 Å². The molecule has 0 aromatic carbocycles. The van der Waals surface area contributed by atoms with E-state index in [9.17, 15) is 16.8 Å². The fraction of sp³-hybridized carbons (Fsp3) is 0.727. The van der Waals surface area contributed by atoms with E-state index in [1.165, 1.54) is 4.31 Å². The molecule has 1 aromatic rings. The highest BCUT2D eigenvalue weighted by Crippen LogP contribution is 2.27. The van der Waals surface area contributed by atoms with E-state index >= 15 is 0 Å². The van der Waals surface area contributed by atoms with Gasteiger partial charge >= 0.3 is 0 Å². The molecular formula is C11H19N3O4S2. The highest BCUT2D eigenvalue weighted by Gasteiger charge is 2.39. The molecule has 1 aliphatic heterocycles. The lowest BCUT2D eigenvalue weighted by Gasteiger charge is -2.25. The molecule has 0 aliphatic carbocycles. The zero-order valence-electron chi connectivity index (χ0n) is 11.7. The molecule has 0 radical (unpaired) electrons. The lowest BCUT2D eigenvalue weighted by Crippen LogP contribution is -2.41. The summed E-state index contributed by atoms with van der Waals surface area (Å²) in [6, 6.07) is -0.483. The molecule has 1 aliphatic rings. The molecular weight excluding hydrogens is 302 g/mol. The van der Waals surface area contributed by atoms with Crippen molar-refractivity contribution in [1.29, 1.82) is 0 Å². The molecule has 2 heterocycles. The average Bonchev–Trinajstić information content (AvgIpc) is 2.83. The number of hydrogen-bond donors (Lipinski definition) is 1. The van der Waals surface area contributed by atoms with E-state index in [4.69, 9.17) is 0 Å². The van der Waals surface area contributed by atoms with Crippen LogP contribution in [0.15, 0.2) is 4.90 Å². The van der Waals surface area contributed by atoms with Crippen LogP contribution in [0, 0.1) is 13.8 Å². The van der Waals surface area contributed by atoms with Gasteiger partial charge in [0.15, 0.2) is 9.84 Å². The maximum absolute atomic E-state index is 12.7. The first-order valence-electron chi connectivity index (χ1n) is 6.43. The van der Waals surface area contributed by atoms with Crippen LogP contribution in [0.25, 0.3) is 0 Å². The van der Waals surface area contributed by atoms with Gasteiger partial charge in [-0.05, 0) is 20.3 Å². The zero-order chi connectivity index (χ0) is 15.1. The Labute approximate surface area is 119 Å². The molecule has 1 fully saturated rings. The quantitative estimate of drug-likeness (QED) is 0.855. The minimum absolute atomic E-state index is 0.0486. The predicted molar refractivity (Wildman–Crippen MR) is 74.7 cm³/mol. The summed E-state index contributed by atoms with van der Waals surface area (Å²) in [5.41, 5.74) is 0.878. The molecule has 1 N–H and O–H groups in total. The maximum Gasteiger partial charge on any atom is 0.247 e. The first kappa shape index (κ1) is 15.5. The summed E-state index contributed by atoms with van der Waals surface area (Å²) < 4.78 is 49.9. The second-order valence-electron chi connectivity index (χ2n) is 5.03. The normalized spacial score (nSPS) is 22.5. The van der Waals surface area contributed by atoms with Crippen molar-refractivity contribution >= 4 is 19.9 Å². The number of nitrogens with zero attached hydrogens (tertiary/aromatic N) is 2. The third-order valence-corrected chi connectivity index (χ3v) is 7.60. The van der Waals surface area contributed by atoms with Crippen LogP contribution in [0.4, 0.5) is 0 Å². The molecule has 0 spiro atoms. The van der Waals surface area contributed by atoms with E-state index in [-0.39, 0.29) is 22.9 Å². The van der Waals surface area contributed by atoms with E-state index in [2.05, 4.69) is 10.2 Å². The van der Waals surface area contributed by atoms with Gasteiger partial charge in [-0.1, -0.05) is 6.92 Å². The number of sulfone groups is 1. The predicted octanol–water partition coefficient (Wildman–Crippen LogP) is 0.224. The lowest BCUT2D eigenvalue weighted by atomic mass is 10.3. The van der Waals surface area contributed by atoms with Gasteiger partial charge in [-0.3, -0.25) is 5.10 Å². The first-order chi connectivity index (χ1) is 9.19. The third kappa shape index (κ3) is 2.61. The van der Waals surface area contributed by atoms with Crippen LogP contribution in [0.5, 0.6) is 0 Å². The van der Waals surface area contributed by atoms with Crippen molar-refractivity contribution in [3.63, 3.8) is 0 Å². The van der Waals surface area contributed by atoms with E-state index in [0.717, 1.165) is 0 Å². The van der Waals surface area contributed by atoms with Crippen molar-refractivity contribution < 1.29 is 16.8 Å². The Morgan fingerprint density at radius 2 is 2.05 bits per heavy atom. The molecule has 1 unspecified atom stereocenters. The number of aromatic amines is 1. The molecule has 1 aromatic heterocycles. The van der Waals surface area contributed by atoms with Crippen molar-refractivity contribution in [2.45, 2.75) is 38.1 Å². The summed E-state index contributed by atoms with van der Waals surface area (Å²) in [5, 5.41) is 6.56. The monoisotopic (exact) mass is 321 g/mol. The van der Waals surface area contributed by atoms with Crippen LogP contribution in [-0.2, 0) is 19.9 Å². The van der Waals surface area contributed by atoms with Gasteiger partial charge in [-0.15, -0.1) is 0 Å². The first-order valence-corrected chi connectivity index (χ1v) is 9.69. The summed E-state index contributed by atoms with van der Waals surface area (Å²) in [4.78, 5) is 0.156. The van der Waals surface area contributed by atoms with Crippen molar-refractivity contribution in [1.82, 2.24) is 14.5 Å². The largest absolute Gasteiger partial charge is 0.281 e. The Kier molecular flexibility index (Phi) is 3.96. The van der Waals surface area contributed by atoms with E-state index in [1.54, 1.807) is 20.8 Å². The zero-order valence-corrected chi connectivity index (χ0v) is 13.4. The number of hydrogen-bond acceptors (Lipinski definition) is 5. The number of sulfonamides is 1. The van der Waals surface area contributed by atoms with Gasteiger partial charge in [0, 0.05) is 12.6 Å². The van der Waals surface area contributed by atoms with Crippen molar-refractivity contribution in [3.8, 4) is 0 Å². The van der Waals surface area contributed by atoms with Gasteiger partial charge in [-0.2, -0.15) is 9.40 Å². The summed E-state index contributed by atoms with van der Waals surface area (Å²) >= 11 is 0. The minimum Gasteiger partial charge on any atom is -0.281 e. The second-order valence-corrected chi connectivity index (χ2v) is 9.08. The molecule has 9 heteroatoms. The maximum atomic E-state index is 12.7. The number of nitrogens with one attached hydrogen (secondary N) is 1. The summed E-state index contributed by atoms with van der Waals surface area (Å²) in [7, 11) is -6.86. The fourth-order valence-corrected chi connectivity index (χ4v) is 6.49. The van der Waals surface area contributed by atoms with Crippen LogP contribution < -0.4 is 0 Å². The molecule has 2 rings (SSSR count). The fourth-order valence-electron chi connectivity index (χ4n) is 2.66. The molecule has 0 bridgehead atoms. The molecule has 0 amide bonds. The average molecular weight is 321 g/mol. The summed E-state index contributed by atoms with van der Waals surface area (Å²) in [6.07, 6.45) is 0.353. The van der Waals surface area contributed by atoms with Crippen molar-refractivity contribution in [2.75, 3.05) is 18.1 Å². The number of aromatic nitrogens is 2. The smallest absolute Gasteiger partial charge is 0.247 e. The molecule has 0 saturated carbocycles. The Hall–Kier alpha value is -0.930. The van der Waals surface area contributed by atoms with Gasteiger partial charge in [0.1, 0.15) is 4.90 Å². The standard InChI is InChI=1S/C11H19N3O4S2/c1-4-14(10-5-6-19(15,16)7-10)20(17,18)11-8(2)12-13-9(11)3/h10H,4-7H2,1-3H3,(H,12,13). The topological polar surface area (TPSA) is 100 Å². The number of aryl methyl sites for hydroxylation is 2. The number of H-pyrrole nitrogens is 1. The Morgan fingerprint density at radius 1 is 1.40 bits per heavy atom. The van der Waals surface area contributed by atoms with E-state index < -0.39 is 25.9 Å². The van der Waals surface area contributed by atoms with Gasteiger partial charge in [0.05, 0.1) is 22.9 Å². The minimum atomic E-state index is -3.73. The van der Waals surface area contributed by atoms with Crippen molar-refractivity contribution in [3.05, 3.63) is 11.4 Å². The van der Waals surface area contributed by atoms with Gasteiger partial charge in [0.25, 0.3) is 0 Å². The van der Waals surface area contributed by atoms with E-state index in [0.29, 0.717) is 17.8 Å². The Balaban J connectivity index is 2.42. The third-order valence-electron chi connectivity index (χ3n) is 3.55. The van der Waals surface area contributed by atoms with Gasteiger partial charge in [0.2, 0.25) is 10.0 Å². The van der Waals surface area contributed by atoms with Gasteiger partial charge < -0.3 is 0 Å². The van der Waals surface area contributed by atoms with Gasteiger partial charge in [-0.25, -0.2) is 16.8 Å². The van der Waals surface area contributed by atoms with Crippen LogP contribution in [0.2, 0.25) is 0 Å².